The Hall–Kier alpha value is -1.10. The minimum atomic E-state index is -0.411. The molecule has 0 aliphatic rings. The molecule has 5 heteroatoms. The fraction of sp³-hybridized carbons (Fsp3) is 0.800. The third-order valence-electron chi connectivity index (χ3n) is 1.94. The van der Waals surface area contributed by atoms with Crippen LogP contribution < -0.4 is 4.90 Å². The molecule has 0 aliphatic heterocycles. The summed E-state index contributed by atoms with van der Waals surface area (Å²) >= 11 is 0. The van der Waals surface area contributed by atoms with Crippen LogP contribution in [0, 0.1) is 0 Å². The van der Waals surface area contributed by atoms with E-state index >= 15 is 0 Å². The maximum absolute atomic E-state index is 9.22. The van der Waals surface area contributed by atoms with E-state index in [9.17, 15) is 5.11 Å². The Morgan fingerprint density at radius 1 is 1.47 bits per heavy atom. The molecule has 0 unspecified atom stereocenters. The van der Waals surface area contributed by atoms with E-state index in [1.807, 2.05) is 27.8 Å². The van der Waals surface area contributed by atoms with Gasteiger partial charge in [0.1, 0.15) is 0 Å². The number of aliphatic hydroxyl groups excluding tert-OH is 1. The summed E-state index contributed by atoms with van der Waals surface area (Å²) in [6, 6.07) is 0. The van der Waals surface area contributed by atoms with Gasteiger partial charge < -0.3 is 14.5 Å². The molecule has 5 nitrogen and oxygen atoms in total. The topological polar surface area (TPSA) is 62.4 Å². The zero-order chi connectivity index (χ0) is 11.6. The minimum Gasteiger partial charge on any atom is -0.392 e. The van der Waals surface area contributed by atoms with Crippen molar-refractivity contribution in [3.8, 4) is 0 Å². The highest BCUT2D eigenvalue weighted by atomic mass is 16.5. The highest BCUT2D eigenvalue weighted by Crippen LogP contribution is 2.21. The second kappa shape index (κ2) is 4.18. The first-order valence-electron chi connectivity index (χ1n) is 5.04. The first kappa shape index (κ1) is 12.0. The monoisotopic (exact) mass is 213 g/mol. The van der Waals surface area contributed by atoms with Crippen molar-refractivity contribution in [1.82, 2.24) is 10.1 Å². The zero-order valence-electron chi connectivity index (χ0n) is 9.98. The van der Waals surface area contributed by atoms with Crippen LogP contribution in [-0.4, -0.2) is 34.9 Å². The second-order valence-corrected chi connectivity index (χ2v) is 4.88. The van der Waals surface area contributed by atoms with Crippen molar-refractivity contribution in [2.45, 2.75) is 39.2 Å². The summed E-state index contributed by atoms with van der Waals surface area (Å²) in [5, 5.41) is 13.1. The van der Waals surface area contributed by atoms with E-state index in [4.69, 9.17) is 4.52 Å². The van der Waals surface area contributed by atoms with Gasteiger partial charge in [0.25, 0.3) is 5.95 Å². The van der Waals surface area contributed by atoms with Crippen LogP contribution in [0.5, 0.6) is 0 Å². The summed E-state index contributed by atoms with van der Waals surface area (Å²) < 4.78 is 5.15. The zero-order valence-corrected chi connectivity index (χ0v) is 9.98. The van der Waals surface area contributed by atoms with Gasteiger partial charge in [-0.1, -0.05) is 20.8 Å². The molecule has 0 fully saturated rings. The SMILES string of the molecule is C[C@@H](O)CN(C)c1noc(C(C)(C)C)n1. The van der Waals surface area contributed by atoms with Crippen molar-refractivity contribution in [3.05, 3.63) is 5.89 Å². The summed E-state index contributed by atoms with van der Waals surface area (Å²) in [6.07, 6.45) is -0.411. The Balaban J connectivity index is 2.76. The Morgan fingerprint density at radius 2 is 2.07 bits per heavy atom. The maximum Gasteiger partial charge on any atom is 0.265 e. The fourth-order valence-electron chi connectivity index (χ4n) is 1.15. The number of hydrogen-bond donors (Lipinski definition) is 1. The van der Waals surface area contributed by atoms with Gasteiger partial charge in [0, 0.05) is 19.0 Å². The molecule has 1 aromatic rings. The van der Waals surface area contributed by atoms with Crippen molar-refractivity contribution < 1.29 is 9.63 Å². The third-order valence-corrected chi connectivity index (χ3v) is 1.94. The van der Waals surface area contributed by atoms with Gasteiger partial charge in [0.15, 0.2) is 0 Å². The van der Waals surface area contributed by atoms with Crippen molar-refractivity contribution in [1.29, 1.82) is 0 Å². The molecule has 0 saturated heterocycles. The molecule has 0 saturated carbocycles. The van der Waals surface area contributed by atoms with E-state index in [1.165, 1.54) is 0 Å². The molecule has 1 aromatic heterocycles. The summed E-state index contributed by atoms with van der Waals surface area (Å²) in [7, 11) is 1.82. The highest BCUT2D eigenvalue weighted by Gasteiger charge is 2.22. The van der Waals surface area contributed by atoms with Crippen LogP contribution in [0.3, 0.4) is 0 Å². The molecule has 86 valence electrons. The van der Waals surface area contributed by atoms with Crippen molar-refractivity contribution in [2.75, 3.05) is 18.5 Å². The highest BCUT2D eigenvalue weighted by molar-refractivity contribution is 5.26. The lowest BCUT2D eigenvalue weighted by atomic mass is 9.97. The van der Waals surface area contributed by atoms with E-state index in [0.717, 1.165) is 0 Å². The molecular formula is C10H19N3O2. The quantitative estimate of drug-likeness (QED) is 0.817. The number of aromatic nitrogens is 2. The van der Waals surface area contributed by atoms with Gasteiger partial charge in [-0.15, -0.1) is 0 Å². The van der Waals surface area contributed by atoms with Gasteiger partial charge in [0.2, 0.25) is 5.89 Å². The van der Waals surface area contributed by atoms with Crippen LogP contribution in [0.25, 0.3) is 0 Å². The van der Waals surface area contributed by atoms with E-state index in [-0.39, 0.29) is 5.41 Å². The van der Waals surface area contributed by atoms with E-state index in [2.05, 4.69) is 10.1 Å². The van der Waals surface area contributed by atoms with Crippen LogP contribution in [-0.2, 0) is 5.41 Å². The Kier molecular flexibility index (Phi) is 3.34. The Bertz CT molecular complexity index is 315. The van der Waals surface area contributed by atoms with Crippen molar-refractivity contribution in [2.24, 2.45) is 0 Å². The smallest absolute Gasteiger partial charge is 0.265 e. The lowest BCUT2D eigenvalue weighted by Crippen LogP contribution is -2.27. The number of hydrogen-bond acceptors (Lipinski definition) is 5. The summed E-state index contributed by atoms with van der Waals surface area (Å²) in [5.74, 6) is 1.12. The normalized spacial score (nSPS) is 14.0. The van der Waals surface area contributed by atoms with Crippen molar-refractivity contribution >= 4 is 5.95 Å². The van der Waals surface area contributed by atoms with Crippen LogP contribution in [0.2, 0.25) is 0 Å². The lowest BCUT2D eigenvalue weighted by Gasteiger charge is -2.15. The summed E-state index contributed by atoms with van der Waals surface area (Å²) in [6.45, 7) is 8.25. The average molecular weight is 213 g/mol. The Labute approximate surface area is 90.1 Å². The molecular weight excluding hydrogens is 194 g/mol. The molecule has 15 heavy (non-hydrogen) atoms. The van der Waals surface area contributed by atoms with Crippen LogP contribution in [0.15, 0.2) is 4.52 Å². The molecule has 0 amide bonds. The van der Waals surface area contributed by atoms with E-state index < -0.39 is 6.10 Å². The predicted molar refractivity (Wildman–Crippen MR) is 57.9 cm³/mol. The van der Waals surface area contributed by atoms with Gasteiger partial charge in [0.05, 0.1) is 6.10 Å². The first-order valence-corrected chi connectivity index (χ1v) is 5.04. The average Bonchev–Trinajstić information content (AvgIpc) is 2.48. The number of anilines is 1. The van der Waals surface area contributed by atoms with Gasteiger partial charge in [-0.25, -0.2) is 0 Å². The van der Waals surface area contributed by atoms with Crippen LogP contribution >= 0.6 is 0 Å². The second-order valence-electron chi connectivity index (χ2n) is 4.88. The van der Waals surface area contributed by atoms with Gasteiger partial charge >= 0.3 is 0 Å². The number of likely N-dealkylation sites (N-methyl/N-ethyl adjacent to an activating group) is 1. The molecule has 1 rings (SSSR count). The summed E-state index contributed by atoms with van der Waals surface area (Å²) in [5.41, 5.74) is -0.142. The minimum absolute atomic E-state index is 0.142. The first-order chi connectivity index (χ1) is 6.80. The molecule has 0 aliphatic carbocycles. The third kappa shape index (κ3) is 3.20. The molecule has 1 atom stereocenters. The van der Waals surface area contributed by atoms with Crippen LogP contribution in [0.4, 0.5) is 5.95 Å². The van der Waals surface area contributed by atoms with Gasteiger partial charge in [-0.3, -0.25) is 0 Å². The molecule has 0 aromatic carbocycles. The number of nitrogens with zero attached hydrogens (tertiary/aromatic N) is 3. The number of aliphatic hydroxyl groups is 1. The van der Waals surface area contributed by atoms with Gasteiger partial charge in [-0.2, -0.15) is 4.98 Å². The van der Waals surface area contributed by atoms with Gasteiger partial charge in [-0.05, 0) is 12.1 Å². The van der Waals surface area contributed by atoms with Crippen molar-refractivity contribution in [3.63, 3.8) is 0 Å². The summed E-state index contributed by atoms with van der Waals surface area (Å²) in [4.78, 5) is 6.04. The maximum atomic E-state index is 9.22. The molecule has 0 spiro atoms. The predicted octanol–water partition coefficient (Wildman–Crippen LogP) is 1.18. The van der Waals surface area contributed by atoms with E-state index in [1.54, 1.807) is 11.8 Å². The standard InChI is InChI=1S/C10H19N3O2/c1-7(14)6-13(5)9-11-8(15-12-9)10(2,3)4/h7,14H,6H2,1-5H3/t7-/m1/s1. The molecule has 0 bridgehead atoms. The molecule has 1 N–H and O–H groups in total. The lowest BCUT2D eigenvalue weighted by molar-refractivity contribution is 0.201. The van der Waals surface area contributed by atoms with E-state index in [0.29, 0.717) is 18.4 Å². The largest absolute Gasteiger partial charge is 0.392 e. The number of rotatable bonds is 3. The Morgan fingerprint density at radius 3 is 2.47 bits per heavy atom. The fourth-order valence-corrected chi connectivity index (χ4v) is 1.15. The van der Waals surface area contributed by atoms with Crippen LogP contribution in [0.1, 0.15) is 33.6 Å². The molecule has 0 radical (unpaired) electrons. The molecule has 1 heterocycles.